The minimum absolute atomic E-state index is 0.0226. The van der Waals surface area contributed by atoms with E-state index in [0.717, 1.165) is 38.2 Å². The summed E-state index contributed by atoms with van der Waals surface area (Å²) in [5, 5.41) is 0. The Kier molecular flexibility index (Phi) is 4.90. The van der Waals surface area contributed by atoms with Gasteiger partial charge in [-0.1, -0.05) is 37.5 Å². The van der Waals surface area contributed by atoms with Gasteiger partial charge in [-0.2, -0.15) is 4.99 Å². The maximum absolute atomic E-state index is 14.2. The molecule has 23 heavy (non-hydrogen) atoms. The summed E-state index contributed by atoms with van der Waals surface area (Å²) >= 11 is 1.18. The van der Waals surface area contributed by atoms with Crippen molar-refractivity contribution in [2.75, 3.05) is 0 Å². The Morgan fingerprint density at radius 3 is 2.74 bits per heavy atom. The molecular formula is C17H20F2N2OS. The number of hydrogen-bond acceptors (Lipinski definition) is 2. The number of amides is 1. The average Bonchev–Trinajstić information content (AvgIpc) is 2.86. The van der Waals surface area contributed by atoms with Crippen molar-refractivity contribution in [3.63, 3.8) is 0 Å². The molecule has 0 spiro atoms. The summed E-state index contributed by atoms with van der Waals surface area (Å²) in [7, 11) is 0. The normalized spacial score (nSPS) is 17.1. The molecule has 0 radical (unpaired) electrons. The first kappa shape index (κ1) is 16.3. The molecular weight excluding hydrogens is 318 g/mol. The van der Waals surface area contributed by atoms with E-state index < -0.39 is 11.6 Å². The van der Waals surface area contributed by atoms with Crippen molar-refractivity contribution in [2.24, 2.45) is 10.9 Å². The molecule has 1 aromatic heterocycles. The smallest absolute Gasteiger partial charge is 0.251 e. The van der Waals surface area contributed by atoms with Crippen molar-refractivity contribution in [3.8, 4) is 0 Å². The maximum Gasteiger partial charge on any atom is 0.251 e. The molecule has 0 bridgehead atoms. The first-order chi connectivity index (χ1) is 11.1. The van der Waals surface area contributed by atoms with Crippen LogP contribution in [0.2, 0.25) is 0 Å². The first-order valence-electron chi connectivity index (χ1n) is 8.17. The van der Waals surface area contributed by atoms with Gasteiger partial charge in [-0.3, -0.25) is 4.79 Å². The van der Waals surface area contributed by atoms with Crippen molar-refractivity contribution in [1.82, 2.24) is 4.57 Å². The second kappa shape index (κ2) is 6.91. The van der Waals surface area contributed by atoms with Crippen molar-refractivity contribution >= 4 is 27.5 Å². The second-order valence-electron chi connectivity index (χ2n) is 6.06. The van der Waals surface area contributed by atoms with Crippen LogP contribution in [0.4, 0.5) is 8.78 Å². The number of rotatable bonds is 3. The molecule has 0 unspecified atom stereocenters. The third-order valence-electron chi connectivity index (χ3n) is 4.30. The van der Waals surface area contributed by atoms with Crippen LogP contribution in [0.1, 0.15) is 45.4 Å². The molecule has 1 fully saturated rings. The standard InChI is InChI=1S/C17H20F2N2OS/c1-2-8-21-15-13(19)9-12(18)10-14(15)23-17(21)20-16(22)11-6-4-3-5-7-11/h9-11H,2-8H2,1H3. The quantitative estimate of drug-likeness (QED) is 0.817. The Balaban J connectivity index is 2.08. The zero-order chi connectivity index (χ0) is 16.4. The van der Waals surface area contributed by atoms with Gasteiger partial charge in [0.1, 0.15) is 5.82 Å². The number of benzene rings is 1. The van der Waals surface area contributed by atoms with Crippen molar-refractivity contribution in [1.29, 1.82) is 0 Å². The predicted molar refractivity (Wildman–Crippen MR) is 87.2 cm³/mol. The highest BCUT2D eigenvalue weighted by molar-refractivity contribution is 7.16. The van der Waals surface area contributed by atoms with E-state index in [0.29, 0.717) is 21.6 Å². The van der Waals surface area contributed by atoms with E-state index in [4.69, 9.17) is 0 Å². The lowest BCUT2D eigenvalue weighted by Gasteiger charge is -2.17. The number of aromatic nitrogens is 1. The Bertz CT molecular complexity index is 788. The van der Waals surface area contributed by atoms with Gasteiger partial charge in [0.2, 0.25) is 0 Å². The van der Waals surface area contributed by atoms with E-state index in [2.05, 4.69) is 4.99 Å². The zero-order valence-electron chi connectivity index (χ0n) is 13.1. The molecule has 0 N–H and O–H groups in total. The summed E-state index contributed by atoms with van der Waals surface area (Å²) in [6, 6.07) is 2.19. The SMILES string of the molecule is CCCn1c(=NC(=O)C2CCCCC2)sc2cc(F)cc(F)c21. The van der Waals surface area contributed by atoms with Crippen LogP contribution in [0.25, 0.3) is 10.2 Å². The van der Waals surface area contributed by atoms with Gasteiger partial charge in [0.05, 0.1) is 10.2 Å². The molecule has 1 aromatic carbocycles. The van der Waals surface area contributed by atoms with Gasteiger partial charge in [-0.05, 0) is 25.3 Å². The summed E-state index contributed by atoms with van der Waals surface area (Å²) in [6.45, 7) is 2.53. The molecule has 3 rings (SSSR count). The number of aryl methyl sites for hydroxylation is 1. The predicted octanol–water partition coefficient (Wildman–Crippen LogP) is 4.40. The Morgan fingerprint density at radius 1 is 1.30 bits per heavy atom. The number of nitrogens with zero attached hydrogens (tertiary/aromatic N) is 2. The topological polar surface area (TPSA) is 34.4 Å². The van der Waals surface area contributed by atoms with Crippen LogP contribution in [0.5, 0.6) is 0 Å². The van der Waals surface area contributed by atoms with Gasteiger partial charge in [-0.25, -0.2) is 8.78 Å². The highest BCUT2D eigenvalue weighted by Crippen LogP contribution is 2.25. The molecule has 1 saturated carbocycles. The van der Waals surface area contributed by atoms with Gasteiger partial charge >= 0.3 is 0 Å². The average molecular weight is 338 g/mol. The van der Waals surface area contributed by atoms with Crippen LogP contribution in [0, 0.1) is 17.6 Å². The molecule has 6 heteroatoms. The van der Waals surface area contributed by atoms with Crippen LogP contribution in [-0.4, -0.2) is 10.5 Å². The maximum atomic E-state index is 14.2. The number of thiazole rings is 1. The van der Waals surface area contributed by atoms with E-state index in [1.54, 1.807) is 4.57 Å². The highest BCUT2D eigenvalue weighted by Gasteiger charge is 2.21. The van der Waals surface area contributed by atoms with Crippen LogP contribution >= 0.6 is 11.3 Å². The van der Waals surface area contributed by atoms with Crippen molar-refractivity contribution in [2.45, 2.75) is 52.0 Å². The van der Waals surface area contributed by atoms with Gasteiger partial charge in [-0.15, -0.1) is 0 Å². The summed E-state index contributed by atoms with van der Waals surface area (Å²) in [4.78, 5) is 17.1. The Labute approximate surface area is 137 Å². The Morgan fingerprint density at radius 2 is 2.04 bits per heavy atom. The third-order valence-corrected chi connectivity index (χ3v) is 5.33. The van der Waals surface area contributed by atoms with E-state index in [1.165, 1.54) is 23.8 Å². The van der Waals surface area contributed by atoms with Crippen molar-refractivity contribution < 1.29 is 13.6 Å². The molecule has 1 aliphatic carbocycles. The van der Waals surface area contributed by atoms with E-state index in [9.17, 15) is 13.6 Å². The van der Waals surface area contributed by atoms with Crippen LogP contribution in [0.3, 0.4) is 0 Å². The van der Waals surface area contributed by atoms with E-state index >= 15 is 0 Å². The van der Waals surface area contributed by atoms with Crippen molar-refractivity contribution in [3.05, 3.63) is 28.6 Å². The molecule has 1 amide bonds. The third kappa shape index (κ3) is 3.37. The number of fused-ring (bicyclic) bond motifs is 1. The second-order valence-corrected chi connectivity index (χ2v) is 7.06. The first-order valence-corrected chi connectivity index (χ1v) is 8.98. The van der Waals surface area contributed by atoms with Crippen LogP contribution in [0.15, 0.2) is 17.1 Å². The fourth-order valence-electron chi connectivity index (χ4n) is 3.18. The molecule has 2 aromatic rings. The summed E-state index contributed by atoms with van der Waals surface area (Å²) in [6.07, 6.45) is 5.84. The molecule has 124 valence electrons. The fourth-order valence-corrected chi connectivity index (χ4v) is 4.28. The lowest BCUT2D eigenvalue weighted by molar-refractivity contribution is -0.122. The lowest BCUT2D eigenvalue weighted by atomic mass is 9.89. The largest absolute Gasteiger partial charge is 0.314 e. The van der Waals surface area contributed by atoms with Gasteiger partial charge in [0.25, 0.3) is 5.91 Å². The molecule has 1 heterocycles. The molecule has 0 aliphatic heterocycles. The molecule has 1 aliphatic rings. The van der Waals surface area contributed by atoms with Gasteiger partial charge in [0, 0.05) is 18.5 Å². The minimum atomic E-state index is -0.606. The van der Waals surface area contributed by atoms with E-state index in [1.807, 2.05) is 6.92 Å². The molecule has 3 nitrogen and oxygen atoms in total. The summed E-state index contributed by atoms with van der Waals surface area (Å²) in [5.74, 6) is -1.35. The minimum Gasteiger partial charge on any atom is -0.314 e. The van der Waals surface area contributed by atoms with Crippen LogP contribution < -0.4 is 4.80 Å². The zero-order valence-corrected chi connectivity index (χ0v) is 14.0. The summed E-state index contributed by atoms with van der Waals surface area (Å²) < 4.78 is 29.8. The van der Waals surface area contributed by atoms with E-state index in [-0.39, 0.29) is 11.8 Å². The lowest BCUT2D eigenvalue weighted by Crippen LogP contribution is -2.22. The Hall–Kier alpha value is -1.56. The number of halogens is 2. The van der Waals surface area contributed by atoms with Crippen LogP contribution in [-0.2, 0) is 11.3 Å². The highest BCUT2D eigenvalue weighted by atomic mass is 32.1. The van der Waals surface area contributed by atoms with Gasteiger partial charge < -0.3 is 4.57 Å². The number of carbonyl (C=O) groups excluding carboxylic acids is 1. The fraction of sp³-hybridized carbons (Fsp3) is 0.529. The monoisotopic (exact) mass is 338 g/mol. The number of hydrogen-bond donors (Lipinski definition) is 0. The molecule has 0 saturated heterocycles. The van der Waals surface area contributed by atoms with Gasteiger partial charge in [0.15, 0.2) is 10.6 Å². The summed E-state index contributed by atoms with van der Waals surface area (Å²) in [5.41, 5.74) is 0.341. The molecule has 0 atom stereocenters. The number of carbonyl (C=O) groups is 1.